The Morgan fingerprint density at radius 2 is 1.96 bits per heavy atom. The molecule has 0 spiro atoms. The first kappa shape index (κ1) is 18.3. The van der Waals surface area contributed by atoms with E-state index in [1.807, 2.05) is 11.0 Å². The Morgan fingerprint density at radius 1 is 1.11 bits per heavy atom. The Labute approximate surface area is 160 Å². The van der Waals surface area contributed by atoms with Crippen molar-refractivity contribution < 1.29 is 13.2 Å². The summed E-state index contributed by atoms with van der Waals surface area (Å²) < 4.78 is 38.8. The minimum atomic E-state index is -4.42. The Hall–Kier alpha value is -2.06. The highest BCUT2D eigenvalue weighted by Crippen LogP contribution is 2.31. The Balaban J connectivity index is 1.41. The standard InChI is InChI=1S/C18H19ClF3N5/c19-12-4-5-16(23-9-12)24-13-8-14-11-27(7-6-26(14)10-13)17-3-1-2-15(25-17)18(20,21)22/h1-5,9,13-14H,6-8,10-11H2,(H,23,24)/t13-,14-/m0/s1. The molecule has 2 aliphatic heterocycles. The number of aromatic nitrogens is 2. The summed E-state index contributed by atoms with van der Waals surface area (Å²) >= 11 is 5.86. The summed E-state index contributed by atoms with van der Waals surface area (Å²) in [6, 6.07) is 8.24. The third-order valence-electron chi connectivity index (χ3n) is 5.04. The molecule has 2 fully saturated rings. The number of hydrogen-bond acceptors (Lipinski definition) is 5. The monoisotopic (exact) mass is 397 g/mol. The van der Waals surface area contributed by atoms with E-state index in [1.165, 1.54) is 6.07 Å². The van der Waals surface area contributed by atoms with Crippen LogP contribution < -0.4 is 10.2 Å². The zero-order valence-corrected chi connectivity index (χ0v) is 15.2. The summed E-state index contributed by atoms with van der Waals surface area (Å²) in [5.74, 6) is 1.17. The first-order chi connectivity index (χ1) is 12.9. The average molecular weight is 398 g/mol. The molecule has 1 N–H and O–H groups in total. The van der Waals surface area contributed by atoms with Crippen molar-refractivity contribution in [1.82, 2.24) is 14.9 Å². The molecule has 0 saturated carbocycles. The maximum absolute atomic E-state index is 12.9. The Kier molecular flexibility index (Phi) is 4.86. The van der Waals surface area contributed by atoms with Gasteiger partial charge in [-0.1, -0.05) is 17.7 Å². The molecule has 9 heteroatoms. The quantitative estimate of drug-likeness (QED) is 0.858. The number of anilines is 2. The highest BCUT2D eigenvalue weighted by atomic mass is 35.5. The number of piperazine rings is 1. The number of fused-ring (bicyclic) bond motifs is 1. The predicted octanol–water partition coefficient (Wildman–Crippen LogP) is 3.52. The molecule has 0 radical (unpaired) electrons. The molecule has 2 aromatic rings. The summed E-state index contributed by atoms with van der Waals surface area (Å²) in [7, 11) is 0. The van der Waals surface area contributed by atoms with Crippen LogP contribution in [0.25, 0.3) is 0 Å². The lowest BCUT2D eigenvalue weighted by atomic mass is 10.1. The molecular formula is C18H19ClF3N5. The molecule has 5 nitrogen and oxygen atoms in total. The number of hydrogen-bond donors (Lipinski definition) is 1. The van der Waals surface area contributed by atoms with Gasteiger partial charge in [-0.25, -0.2) is 9.97 Å². The Bertz CT molecular complexity index is 798. The van der Waals surface area contributed by atoms with Crippen molar-refractivity contribution in [2.45, 2.75) is 24.7 Å². The second-order valence-corrected chi connectivity index (χ2v) is 7.35. The lowest BCUT2D eigenvalue weighted by Crippen LogP contribution is -2.50. The molecule has 0 unspecified atom stereocenters. The van der Waals surface area contributed by atoms with Crippen molar-refractivity contribution in [2.75, 3.05) is 36.4 Å². The fraction of sp³-hybridized carbons (Fsp3) is 0.444. The summed E-state index contributed by atoms with van der Waals surface area (Å²) in [5.41, 5.74) is -0.845. The van der Waals surface area contributed by atoms with Gasteiger partial charge in [-0.2, -0.15) is 13.2 Å². The first-order valence-corrected chi connectivity index (χ1v) is 9.17. The van der Waals surface area contributed by atoms with Crippen LogP contribution in [-0.4, -0.2) is 53.1 Å². The van der Waals surface area contributed by atoms with Gasteiger partial charge in [-0.15, -0.1) is 0 Å². The molecule has 0 aliphatic carbocycles. The van der Waals surface area contributed by atoms with Crippen LogP contribution >= 0.6 is 11.6 Å². The molecule has 4 rings (SSSR count). The number of halogens is 4. The van der Waals surface area contributed by atoms with Crippen LogP contribution in [0.2, 0.25) is 5.02 Å². The molecule has 144 valence electrons. The highest BCUT2D eigenvalue weighted by Gasteiger charge is 2.37. The summed E-state index contributed by atoms with van der Waals surface area (Å²) in [6.07, 6.45) is -1.92. The van der Waals surface area contributed by atoms with Crippen LogP contribution in [0.5, 0.6) is 0 Å². The van der Waals surface area contributed by atoms with Crippen molar-refractivity contribution in [3.8, 4) is 0 Å². The lowest BCUT2D eigenvalue weighted by molar-refractivity contribution is -0.141. The second-order valence-electron chi connectivity index (χ2n) is 6.91. The Morgan fingerprint density at radius 3 is 2.70 bits per heavy atom. The SMILES string of the molecule is FC(F)(F)c1cccc(N2CCN3C[C@@H](Nc4ccc(Cl)cn4)C[C@H]3C2)n1. The summed E-state index contributed by atoms with van der Waals surface area (Å²) in [6.45, 7) is 3.02. The van der Waals surface area contributed by atoms with Gasteiger partial charge in [0.25, 0.3) is 0 Å². The fourth-order valence-corrected chi connectivity index (χ4v) is 3.89. The zero-order chi connectivity index (χ0) is 19.0. The topological polar surface area (TPSA) is 44.3 Å². The van der Waals surface area contributed by atoms with E-state index in [-0.39, 0.29) is 12.1 Å². The van der Waals surface area contributed by atoms with Crippen LogP contribution in [-0.2, 0) is 6.18 Å². The van der Waals surface area contributed by atoms with Gasteiger partial charge in [0.15, 0.2) is 0 Å². The lowest BCUT2D eigenvalue weighted by Gasteiger charge is -2.38. The van der Waals surface area contributed by atoms with Crippen LogP contribution in [0.1, 0.15) is 12.1 Å². The normalized spacial score (nSPS) is 23.3. The number of pyridine rings is 2. The van der Waals surface area contributed by atoms with E-state index in [4.69, 9.17) is 11.6 Å². The highest BCUT2D eigenvalue weighted by molar-refractivity contribution is 6.30. The van der Waals surface area contributed by atoms with Gasteiger partial charge in [0.1, 0.15) is 17.3 Å². The van der Waals surface area contributed by atoms with Crippen molar-refractivity contribution in [1.29, 1.82) is 0 Å². The predicted molar refractivity (Wildman–Crippen MR) is 98.1 cm³/mol. The van der Waals surface area contributed by atoms with Gasteiger partial charge in [0.2, 0.25) is 0 Å². The van der Waals surface area contributed by atoms with E-state index in [0.29, 0.717) is 23.9 Å². The second kappa shape index (κ2) is 7.16. The van der Waals surface area contributed by atoms with E-state index >= 15 is 0 Å². The van der Waals surface area contributed by atoms with Crippen molar-refractivity contribution in [3.05, 3.63) is 47.2 Å². The first-order valence-electron chi connectivity index (χ1n) is 8.80. The number of rotatable bonds is 3. The van der Waals surface area contributed by atoms with Gasteiger partial charge in [0.05, 0.1) is 5.02 Å². The molecular weight excluding hydrogens is 379 g/mol. The maximum atomic E-state index is 12.9. The third-order valence-corrected chi connectivity index (χ3v) is 5.27. The molecule has 0 bridgehead atoms. The van der Waals surface area contributed by atoms with E-state index in [0.717, 1.165) is 31.4 Å². The molecule has 2 atom stereocenters. The van der Waals surface area contributed by atoms with Gasteiger partial charge in [-0.3, -0.25) is 4.90 Å². The fourth-order valence-electron chi connectivity index (χ4n) is 3.78. The average Bonchev–Trinajstić information content (AvgIpc) is 3.04. The van der Waals surface area contributed by atoms with Crippen LogP contribution in [0.15, 0.2) is 36.5 Å². The largest absolute Gasteiger partial charge is 0.433 e. The number of nitrogens with zero attached hydrogens (tertiary/aromatic N) is 4. The van der Waals surface area contributed by atoms with Crippen molar-refractivity contribution >= 4 is 23.2 Å². The van der Waals surface area contributed by atoms with Crippen molar-refractivity contribution in [3.63, 3.8) is 0 Å². The minimum Gasteiger partial charge on any atom is -0.366 e. The smallest absolute Gasteiger partial charge is 0.366 e. The number of nitrogens with one attached hydrogen (secondary N) is 1. The van der Waals surface area contributed by atoms with E-state index in [1.54, 1.807) is 18.3 Å². The van der Waals surface area contributed by atoms with Crippen LogP contribution in [0, 0.1) is 0 Å². The van der Waals surface area contributed by atoms with Gasteiger partial charge in [0, 0.05) is 44.5 Å². The molecule has 2 aliphatic rings. The van der Waals surface area contributed by atoms with Gasteiger partial charge < -0.3 is 10.2 Å². The van der Waals surface area contributed by atoms with Crippen LogP contribution in [0.4, 0.5) is 24.8 Å². The van der Waals surface area contributed by atoms with Gasteiger partial charge in [-0.05, 0) is 30.7 Å². The molecule has 2 aromatic heterocycles. The molecule has 0 amide bonds. The minimum absolute atomic E-state index is 0.248. The van der Waals surface area contributed by atoms with Gasteiger partial charge >= 0.3 is 6.18 Å². The summed E-state index contributed by atoms with van der Waals surface area (Å²) in [4.78, 5) is 12.4. The molecule has 2 saturated heterocycles. The summed E-state index contributed by atoms with van der Waals surface area (Å²) in [5, 5.41) is 4.01. The van der Waals surface area contributed by atoms with E-state index < -0.39 is 11.9 Å². The third kappa shape index (κ3) is 4.11. The maximum Gasteiger partial charge on any atom is 0.433 e. The van der Waals surface area contributed by atoms with E-state index in [9.17, 15) is 13.2 Å². The number of alkyl halides is 3. The van der Waals surface area contributed by atoms with Crippen LogP contribution in [0.3, 0.4) is 0 Å². The zero-order valence-electron chi connectivity index (χ0n) is 14.5. The van der Waals surface area contributed by atoms with Crippen molar-refractivity contribution in [2.24, 2.45) is 0 Å². The van der Waals surface area contributed by atoms with E-state index in [2.05, 4.69) is 20.2 Å². The molecule has 4 heterocycles. The molecule has 27 heavy (non-hydrogen) atoms. The molecule has 0 aromatic carbocycles.